The molecule has 1 aliphatic rings. The smallest absolute Gasteiger partial charge is 0.319 e. The number of hydrogen-bond acceptors (Lipinski definition) is 3. The van der Waals surface area contributed by atoms with Gasteiger partial charge in [-0.25, -0.2) is 22.9 Å². The van der Waals surface area contributed by atoms with E-state index < -0.39 is 24.4 Å². The lowest BCUT2D eigenvalue weighted by Gasteiger charge is -2.13. The molecule has 8 heteroatoms. The van der Waals surface area contributed by atoms with E-state index in [1.54, 1.807) is 6.07 Å². The van der Waals surface area contributed by atoms with Crippen molar-refractivity contribution in [1.82, 2.24) is 15.6 Å². The molecule has 0 radical (unpaired) electrons. The molecule has 2 amide bonds. The molecule has 1 heterocycles. The number of aromatic nitrogens is 1. The quantitative estimate of drug-likeness (QED) is 0.792. The molecule has 22 heavy (non-hydrogen) atoms. The Kier molecular flexibility index (Phi) is 4.72. The Morgan fingerprint density at radius 2 is 2.32 bits per heavy atom. The van der Waals surface area contributed by atoms with Crippen molar-refractivity contribution in [2.75, 3.05) is 6.61 Å². The van der Waals surface area contributed by atoms with E-state index in [0.717, 1.165) is 6.92 Å². The SMILES string of the molecule is CC(F)(F)COc1cc(CNC(=O)NC2=C=C(F)C2)ccn1.[HH].[HH]. The number of nitrogens with one attached hydrogen (secondary N) is 2. The first kappa shape index (κ1) is 15.9. The Hall–Kier alpha value is -2.47. The molecule has 122 valence electrons. The predicted octanol–water partition coefficient (Wildman–Crippen LogP) is 3.15. The minimum Gasteiger partial charge on any atom is -0.471 e. The molecule has 0 atom stereocenters. The van der Waals surface area contributed by atoms with E-state index in [4.69, 9.17) is 4.74 Å². The Labute approximate surface area is 127 Å². The summed E-state index contributed by atoms with van der Waals surface area (Å²) in [6.07, 6.45) is 1.45. The van der Waals surface area contributed by atoms with Crippen LogP contribution in [0.1, 0.15) is 21.8 Å². The second-order valence-corrected chi connectivity index (χ2v) is 4.85. The van der Waals surface area contributed by atoms with E-state index in [0.29, 0.717) is 11.3 Å². The van der Waals surface area contributed by atoms with Crippen molar-refractivity contribution in [1.29, 1.82) is 0 Å². The number of halogens is 3. The summed E-state index contributed by atoms with van der Waals surface area (Å²) in [6, 6.07) is 2.56. The molecular weight excluding hydrogens is 299 g/mol. The molecule has 0 bridgehead atoms. The fourth-order valence-corrected chi connectivity index (χ4v) is 1.58. The maximum Gasteiger partial charge on any atom is 0.319 e. The van der Waals surface area contributed by atoms with Crippen LogP contribution < -0.4 is 15.4 Å². The van der Waals surface area contributed by atoms with Gasteiger partial charge in [-0.05, 0) is 11.6 Å². The van der Waals surface area contributed by atoms with Crippen LogP contribution in [-0.4, -0.2) is 23.5 Å². The third kappa shape index (κ3) is 5.14. The molecule has 0 spiro atoms. The van der Waals surface area contributed by atoms with Gasteiger partial charge in [0.1, 0.15) is 0 Å². The summed E-state index contributed by atoms with van der Waals surface area (Å²) in [6.45, 7) is 0.116. The first-order valence-electron chi connectivity index (χ1n) is 6.46. The van der Waals surface area contributed by atoms with Crippen molar-refractivity contribution in [3.8, 4) is 5.88 Å². The van der Waals surface area contributed by atoms with Gasteiger partial charge >= 0.3 is 6.03 Å². The highest BCUT2D eigenvalue weighted by Gasteiger charge is 2.22. The Bertz CT molecular complexity index is 644. The lowest BCUT2D eigenvalue weighted by atomic mass is 10.2. The number of alkyl halides is 2. The largest absolute Gasteiger partial charge is 0.471 e. The molecular formula is C14H18F3N3O2. The van der Waals surface area contributed by atoms with Gasteiger partial charge in [0.15, 0.2) is 12.4 Å². The number of rotatable bonds is 6. The highest BCUT2D eigenvalue weighted by atomic mass is 19.3. The number of ether oxygens (including phenoxy) is 1. The van der Waals surface area contributed by atoms with Crippen LogP contribution in [0, 0.1) is 0 Å². The van der Waals surface area contributed by atoms with Crippen LogP contribution in [-0.2, 0) is 6.54 Å². The Morgan fingerprint density at radius 3 is 2.95 bits per heavy atom. The molecule has 1 aromatic heterocycles. The summed E-state index contributed by atoms with van der Waals surface area (Å²) in [7, 11) is 0. The van der Waals surface area contributed by atoms with E-state index >= 15 is 0 Å². The molecule has 0 aliphatic heterocycles. The van der Waals surface area contributed by atoms with E-state index in [1.807, 2.05) is 0 Å². The van der Waals surface area contributed by atoms with Crippen molar-refractivity contribution in [3.05, 3.63) is 41.1 Å². The Morgan fingerprint density at radius 1 is 1.59 bits per heavy atom. The molecule has 2 N–H and O–H groups in total. The maximum absolute atomic E-state index is 12.7. The highest BCUT2D eigenvalue weighted by Crippen LogP contribution is 2.17. The van der Waals surface area contributed by atoms with Crippen molar-refractivity contribution >= 4 is 6.03 Å². The van der Waals surface area contributed by atoms with Crippen LogP contribution in [0.25, 0.3) is 0 Å². The van der Waals surface area contributed by atoms with E-state index in [9.17, 15) is 18.0 Å². The number of nitrogens with zero attached hydrogens (tertiary/aromatic N) is 1. The van der Waals surface area contributed by atoms with Crippen molar-refractivity contribution in [2.45, 2.75) is 25.8 Å². The van der Waals surface area contributed by atoms with Crippen LogP contribution in [0.3, 0.4) is 0 Å². The van der Waals surface area contributed by atoms with Crippen LogP contribution in [0.4, 0.5) is 18.0 Å². The molecule has 1 aliphatic carbocycles. The van der Waals surface area contributed by atoms with E-state index in [2.05, 4.69) is 21.3 Å². The van der Waals surface area contributed by atoms with Crippen LogP contribution >= 0.6 is 0 Å². The van der Waals surface area contributed by atoms with Gasteiger partial charge in [-0.1, -0.05) is 5.73 Å². The lowest BCUT2D eigenvalue weighted by Crippen LogP contribution is -2.35. The molecule has 0 aromatic carbocycles. The third-order valence-electron chi connectivity index (χ3n) is 2.61. The number of carbonyl (C=O) groups excluding carboxylic acids is 1. The minimum atomic E-state index is -2.95. The van der Waals surface area contributed by atoms with Crippen LogP contribution in [0.15, 0.2) is 35.6 Å². The number of carbonyl (C=O) groups is 1. The van der Waals surface area contributed by atoms with Gasteiger partial charge in [0.05, 0.1) is 12.1 Å². The second kappa shape index (κ2) is 6.53. The summed E-state index contributed by atoms with van der Waals surface area (Å²) in [5.41, 5.74) is 3.31. The zero-order valence-electron chi connectivity index (χ0n) is 11.8. The highest BCUT2D eigenvalue weighted by molar-refractivity contribution is 5.76. The minimum absolute atomic E-state index is 0. The van der Waals surface area contributed by atoms with Crippen molar-refractivity contribution < 1.29 is 25.6 Å². The first-order valence-corrected chi connectivity index (χ1v) is 6.46. The van der Waals surface area contributed by atoms with Gasteiger partial charge in [0, 0.05) is 28.6 Å². The van der Waals surface area contributed by atoms with Gasteiger partial charge in [-0.3, -0.25) is 0 Å². The van der Waals surface area contributed by atoms with Gasteiger partial charge in [-0.2, -0.15) is 0 Å². The second-order valence-electron chi connectivity index (χ2n) is 4.85. The van der Waals surface area contributed by atoms with Gasteiger partial charge in [0.2, 0.25) is 5.88 Å². The molecule has 1 aromatic rings. The normalized spacial score (nSPS) is 13.6. The van der Waals surface area contributed by atoms with Gasteiger partial charge in [-0.15, -0.1) is 0 Å². The van der Waals surface area contributed by atoms with Crippen molar-refractivity contribution in [3.63, 3.8) is 0 Å². The van der Waals surface area contributed by atoms with Crippen LogP contribution in [0.5, 0.6) is 5.88 Å². The first-order chi connectivity index (χ1) is 10.3. The molecule has 2 rings (SSSR count). The molecule has 0 unspecified atom stereocenters. The predicted molar refractivity (Wildman–Crippen MR) is 76.2 cm³/mol. The fourth-order valence-electron chi connectivity index (χ4n) is 1.58. The molecule has 5 nitrogen and oxygen atoms in total. The summed E-state index contributed by atoms with van der Waals surface area (Å²) >= 11 is 0. The average molecular weight is 317 g/mol. The van der Waals surface area contributed by atoms with Crippen LogP contribution in [0.2, 0.25) is 0 Å². The number of hydrogen-bond donors (Lipinski definition) is 2. The topological polar surface area (TPSA) is 63.2 Å². The summed E-state index contributed by atoms with van der Waals surface area (Å²) < 4.78 is 42.7. The molecule has 0 saturated carbocycles. The number of urea groups is 1. The monoisotopic (exact) mass is 317 g/mol. The van der Waals surface area contributed by atoms with E-state index in [-0.39, 0.29) is 21.7 Å². The fraction of sp³-hybridized carbons (Fsp3) is 0.357. The molecule has 0 saturated heterocycles. The third-order valence-corrected chi connectivity index (χ3v) is 2.61. The number of amides is 2. The lowest BCUT2D eigenvalue weighted by molar-refractivity contribution is -0.0242. The van der Waals surface area contributed by atoms with Gasteiger partial charge in [0.25, 0.3) is 5.92 Å². The molecule has 0 fully saturated rings. The summed E-state index contributed by atoms with van der Waals surface area (Å²) in [5, 5.41) is 4.96. The number of pyridine rings is 1. The summed E-state index contributed by atoms with van der Waals surface area (Å²) in [5.74, 6) is -3.30. The summed E-state index contributed by atoms with van der Waals surface area (Å²) in [4.78, 5) is 15.3. The average Bonchev–Trinajstić information content (AvgIpc) is 2.41. The zero-order valence-corrected chi connectivity index (χ0v) is 11.8. The maximum atomic E-state index is 12.7. The van der Waals surface area contributed by atoms with Crippen molar-refractivity contribution in [2.24, 2.45) is 0 Å². The zero-order chi connectivity index (χ0) is 16.2. The van der Waals surface area contributed by atoms with Gasteiger partial charge < -0.3 is 15.4 Å². The van der Waals surface area contributed by atoms with E-state index in [1.165, 1.54) is 12.3 Å². The Balaban J connectivity index is 0.00000264. The standard InChI is InChI=1S/C14H14F3N3O2.2H2/c1-14(16,17)8-22-12-4-9(2-3-18-12)7-19-13(21)20-11-5-10(15)6-11;;/h2-4H,5,7-8H2,1H3,(H2,19,20,21);2*1H.